The molecular formula is C32H28ClN3O6S2. The van der Waals surface area contributed by atoms with E-state index in [-0.39, 0.29) is 16.5 Å². The quantitative estimate of drug-likeness (QED) is 0.0482. The Bertz CT molecular complexity index is 1740. The van der Waals surface area contributed by atoms with Gasteiger partial charge in [-0.15, -0.1) is 10.2 Å². The summed E-state index contributed by atoms with van der Waals surface area (Å²) in [6.45, 7) is 3.38. The molecule has 9 nitrogen and oxygen atoms in total. The Morgan fingerprint density at radius 3 is 2.70 bits per heavy atom. The summed E-state index contributed by atoms with van der Waals surface area (Å²) >= 11 is 8.93. The lowest BCUT2D eigenvalue weighted by Crippen LogP contribution is -2.29. The van der Waals surface area contributed by atoms with Crippen LogP contribution in [0.3, 0.4) is 0 Å². The molecular weight excluding hydrogens is 622 g/mol. The minimum absolute atomic E-state index is 0.0714. The summed E-state index contributed by atoms with van der Waals surface area (Å²) in [6, 6.07) is 18.7. The molecule has 2 aliphatic rings. The average Bonchev–Trinajstić information content (AvgIpc) is 3.62. The Kier molecular flexibility index (Phi) is 9.06. The lowest BCUT2D eigenvalue weighted by Gasteiger charge is -2.23. The SMILES string of the molecule is CCCCOc1cccc(C2/C(=C(\O)c3ccc4c(c3)OCCO4)C(=O)C(=O)N2c2nnc(SCc3ccccc3Cl)s2)c1. The molecule has 2 aliphatic heterocycles. The molecule has 6 rings (SSSR count). The number of carbonyl (C=O) groups excluding carboxylic acids is 2. The highest BCUT2D eigenvalue weighted by Gasteiger charge is 2.48. The highest BCUT2D eigenvalue weighted by Crippen LogP contribution is 2.45. The number of ketones is 1. The molecule has 1 fully saturated rings. The number of hydrogen-bond donors (Lipinski definition) is 1. The van der Waals surface area contributed by atoms with Crippen LogP contribution in [0, 0.1) is 0 Å². The van der Waals surface area contributed by atoms with Gasteiger partial charge >= 0.3 is 5.91 Å². The molecule has 0 saturated carbocycles. The van der Waals surface area contributed by atoms with Crippen molar-refractivity contribution < 1.29 is 28.9 Å². The number of Topliss-reactive ketones (excluding diaryl/α,β-unsaturated/α-hetero) is 1. The van der Waals surface area contributed by atoms with Gasteiger partial charge in [0.2, 0.25) is 5.13 Å². The molecule has 1 amide bonds. The zero-order chi connectivity index (χ0) is 30.6. The Balaban J connectivity index is 1.39. The van der Waals surface area contributed by atoms with Crippen LogP contribution in [-0.2, 0) is 15.3 Å². The largest absolute Gasteiger partial charge is 0.507 e. The summed E-state index contributed by atoms with van der Waals surface area (Å²) in [5, 5.41) is 21.1. The number of rotatable bonds is 10. The summed E-state index contributed by atoms with van der Waals surface area (Å²) in [5.74, 6) is 0.152. The molecule has 0 spiro atoms. The monoisotopic (exact) mass is 649 g/mol. The fraction of sp³-hybridized carbons (Fsp3) is 0.250. The number of ether oxygens (including phenoxy) is 3. The molecule has 1 unspecified atom stereocenters. The number of hydrogen-bond acceptors (Lipinski definition) is 10. The molecule has 3 heterocycles. The van der Waals surface area contributed by atoms with Crippen molar-refractivity contribution in [2.45, 2.75) is 35.9 Å². The fourth-order valence-corrected chi connectivity index (χ4v) is 7.07. The molecule has 44 heavy (non-hydrogen) atoms. The molecule has 0 radical (unpaired) electrons. The smallest absolute Gasteiger partial charge is 0.301 e. The van der Waals surface area contributed by atoms with Gasteiger partial charge in [0, 0.05) is 16.3 Å². The van der Waals surface area contributed by atoms with Gasteiger partial charge in [-0.25, -0.2) is 0 Å². The van der Waals surface area contributed by atoms with Crippen molar-refractivity contribution in [3.05, 3.63) is 94.0 Å². The number of aliphatic hydroxyl groups is 1. The lowest BCUT2D eigenvalue weighted by molar-refractivity contribution is -0.132. The third kappa shape index (κ3) is 6.12. The van der Waals surface area contributed by atoms with E-state index in [1.807, 2.05) is 30.3 Å². The van der Waals surface area contributed by atoms with E-state index in [0.29, 0.717) is 63.3 Å². The maximum absolute atomic E-state index is 13.7. The summed E-state index contributed by atoms with van der Waals surface area (Å²) < 4.78 is 17.8. The molecule has 0 bridgehead atoms. The van der Waals surface area contributed by atoms with Crippen LogP contribution in [0.2, 0.25) is 5.02 Å². The van der Waals surface area contributed by atoms with Gasteiger partial charge < -0.3 is 19.3 Å². The van der Waals surface area contributed by atoms with Gasteiger partial charge in [0.15, 0.2) is 15.8 Å². The van der Waals surface area contributed by atoms with Crippen LogP contribution < -0.4 is 19.1 Å². The summed E-state index contributed by atoms with van der Waals surface area (Å²) in [6.07, 6.45) is 1.86. The highest BCUT2D eigenvalue weighted by atomic mass is 35.5. The van der Waals surface area contributed by atoms with E-state index in [1.165, 1.54) is 28.0 Å². The summed E-state index contributed by atoms with van der Waals surface area (Å²) in [5.41, 5.74) is 1.77. The van der Waals surface area contributed by atoms with Crippen molar-refractivity contribution in [1.29, 1.82) is 0 Å². The van der Waals surface area contributed by atoms with Crippen molar-refractivity contribution in [3.63, 3.8) is 0 Å². The molecule has 226 valence electrons. The van der Waals surface area contributed by atoms with E-state index in [1.54, 1.807) is 36.4 Å². The molecule has 0 aliphatic carbocycles. The number of aliphatic hydroxyl groups excluding tert-OH is 1. The van der Waals surface area contributed by atoms with Crippen LogP contribution in [-0.4, -0.2) is 46.8 Å². The first-order valence-corrected chi connectivity index (χ1v) is 16.3. The van der Waals surface area contributed by atoms with Gasteiger partial charge in [0.1, 0.15) is 24.7 Å². The van der Waals surface area contributed by atoms with E-state index < -0.39 is 17.7 Å². The van der Waals surface area contributed by atoms with Crippen LogP contribution in [0.4, 0.5) is 5.13 Å². The van der Waals surface area contributed by atoms with Crippen molar-refractivity contribution in [1.82, 2.24) is 10.2 Å². The zero-order valence-electron chi connectivity index (χ0n) is 23.7. The van der Waals surface area contributed by atoms with Crippen molar-refractivity contribution in [2.75, 3.05) is 24.7 Å². The maximum Gasteiger partial charge on any atom is 0.301 e. The van der Waals surface area contributed by atoms with Crippen LogP contribution in [0.5, 0.6) is 17.2 Å². The standard InChI is InChI=1S/C32H28ClN3O6S2/c1-2-3-13-40-22-9-6-8-19(16-22)27-26(28(37)20-11-12-24-25(17-20)42-15-14-41-24)29(38)30(39)36(27)31-34-35-32(44-31)43-18-21-7-4-5-10-23(21)33/h4-12,16-17,27,37H,2-3,13-15,18H2,1H3/b28-26+. The molecule has 12 heteroatoms. The molecule has 3 aromatic carbocycles. The normalized spacial score (nSPS) is 17.2. The predicted molar refractivity (Wildman–Crippen MR) is 170 cm³/mol. The lowest BCUT2D eigenvalue weighted by atomic mass is 9.95. The van der Waals surface area contributed by atoms with E-state index in [4.69, 9.17) is 25.8 Å². The van der Waals surface area contributed by atoms with Crippen LogP contribution in [0.15, 0.2) is 76.6 Å². The average molecular weight is 650 g/mol. The number of halogens is 1. The van der Waals surface area contributed by atoms with Crippen LogP contribution >= 0.6 is 34.7 Å². The third-order valence-corrected chi connectivity index (χ3v) is 9.58. The number of thioether (sulfide) groups is 1. The predicted octanol–water partition coefficient (Wildman–Crippen LogP) is 7.06. The van der Waals surface area contributed by atoms with Gasteiger partial charge in [-0.2, -0.15) is 0 Å². The molecule has 1 atom stereocenters. The zero-order valence-corrected chi connectivity index (χ0v) is 26.1. The van der Waals surface area contributed by atoms with Crippen LogP contribution in [0.1, 0.15) is 42.5 Å². The number of fused-ring (bicyclic) bond motifs is 1. The number of aromatic nitrogens is 2. The topological polar surface area (TPSA) is 111 Å². The molecule has 1 saturated heterocycles. The van der Waals surface area contributed by atoms with E-state index in [0.717, 1.165) is 18.4 Å². The van der Waals surface area contributed by atoms with Crippen LogP contribution in [0.25, 0.3) is 5.76 Å². The Labute approximate surface area is 267 Å². The highest BCUT2D eigenvalue weighted by molar-refractivity contribution is 8.00. The third-order valence-electron chi connectivity index (χ3n) is 7.11. The van der Waals surface area contributed by atoms with E-state index in [2.05, 4.69) is 17.1 Å². The first kappa shape index (κ1) is 30.0. The number of unbranched alkanes of at least 4 members (excludes halogenated alkanes) is 1. The number of amides is 1. The van der Waals surface area contributed by atoms with Crippen molar-refractivity contribution >= 4 is 57.3 Å². The Hall–Kier alpha value is -4.06. The number of benzene rings is 3. The molecule has 4 aromatic rings. The second-order valence-electron chi connectivity index (χ2n) is 10.0. The van der Waals surface area contributed by atoms with Gasteiger partial charge in [0.25, 0.3) is 5.78 Å². The second kappa shape index (κ2) is 13.3. The van der Waals surface area contributed by atoms with E-state index in [9.17, 15) is 14.7 Å². The van der Waals surface area contributed by atoms with E-state index >= 15 is 0 Å². The van der Waals surface area contributed by atoms with Gasteiger partial charge in [-0.3, -0.25) is 14.5 Å². The van der Waals surface area contributed by atoms with Gasteiger partial charge in [-0.05, 0) is 53.9 Å². The van der Waals surface area contributed by atoms with Crippen molar-refractivity contribution in [2.24, 2.45) is 0 Å². The fourth-order valence-electron chi connectivity index (χ4n) is 4.91. The number of carbonyl (C=O) groups is 2. The molecule has 1 N–H and O–H groups in total. The van der Waals surface area contributed by atoms with Gasteiger partial charge in [0.05, 0.1) is 18.2 Å². The van der Waals surface area contributed by atoms with Gasteiger partial charge in [-0.1, -0.05) is 78.4 Å². The Morgan fingerprint density at radius 1 is 1.07 bits per heavy atom. The van der Waals surface area contributed by atoms with Crippen molar-refractivity contribution in [3.8, 4) is 17.2 Å². The summed E-state index contributed by atoms with van der Waals surface area (Å²) in [7, 11) is 0. The maximum atomic E-state index is 13.7. The minimum atomic E-state index is -0.979. The second-order valence-corrected chi connectivity index (χ2v) is 12.6. The number of nitrogens with zero attached hydrogens (tertiary/aromatic N) is 3. The first-order valence-electron chi connectivity index (χ1n) is 14.1. The number of anilines is 1. The Morgan fingerprint density at radius 2 is 1.89 bits per heavy atom. The summed E-state index contributed by atoms with van der Waals surface area (Å²) in [4.78, 5) is 28.6. The first-order chi connectivity index (χ1) is 21.4. The molecule has 1 aromatic heterocycles. The minimum Gasteiger partial charge on any atom is -0.507 e.